The Bertz CT molecular complexity index is 245. The first-order chi connectivity index (χ1) is 5.74. The normalized spacial score (nSPS) is 12.5. The fourth-order valence-electron chi connectivity index (χ4n) is 0.728. The molecule has 1 amide bonds. The third kappa shape index (κ3) is 2.06. The van der Waals surface area contributed by atoms with E-state index in [4.69, 9.17) is 5.11 Å². The van der Waals surface area contributed by atoms with Crippen LogP contribution in [0.25, 0.3) is 0 Å². The number of H-pyrrole nitrogens is 1. The number of rotatable bonds is 3. The molecule has 1 unspecified atom stereocenters. The summed E-state index contributed by atoms with van der Waals surface area (Å²) in [6.45, 7) is 1.65. The maximum absolute atomic E-state index is 11.2. The Balaban J connectivity index is 2.50. The molecule has 0 spiro atoms. The highest BCUT2D eigenvalue weighted by molar-refractivity contribution is 5.93. The van der Waals surface area contributed by atoms with Crippen LogP contribution < -0.4 is 5.32 Å². The molecule has 0 bridgehead atoms. The van der Waals surface area contributed by atoms with Crippen molar-refractivity contribution in [1.29, 1.82) is 0 Å². The number of carbonyl (C=O) groups is 1. The van der Waals surface area contributed by atoms with E-state index >= 15 is 0 Å². The van der Waals surface area contributed by atoms with Crippen LogP contribution in [0.2, 0.25) is 0 Å². The molecule has 1 heterocycles. The maximum atomic E-state index is 11.2. The van der Waals surface area contributed by atoms with Gasteiger partial charge in [-0.15, -0.1) is 0 Å². The van der Waals surface area contributed by atoms with Crippen molar-refractivity contribution in [2.75, 3.05) is 6.61 Å². The zero-order chi connectivity index (χ0) is 8.97. The lowest BCUT2D eigenvalue weighted by Crippen LogP contribution is -2.34. The molecular weight excluding hydrogens is 158 g/mol. The number of aliphatic hydroxyl groups is 1. The molecule has 0 saturated carbocycles. The van der Waals surface area contributed by atoms with Gasteiger partial charge in [0.25, 0.3) is 5.91 Å². The van der Waals surface area contributed by atoms with Crippen LogP contribution in [-0.4, -0.2) is 33.9 Å². The molecule has 1 atom stereocenters. The van der Waals surface area contributed by atoms with Gasteiger partial charge in [-0.05, 0) is 6.92 Å². The quantitative estimate of drug-likeness (QED) is 0.572. The summed E-state index contributed by atoms with van der Waals surface area (Å²) in [5.74, 6) is -0.231. The standard InChI is InChI=1S/C7H11N3O2/c1-5(4-11)10-7(12)6-2-8-9-3-6/h2-3,5,11H,4H2,1H3,(H,8,9)(H,10,12). The lowest BCUT2D eigenvalue weighted by molar-refractivity contribution is 0.0922. The summed E-state index contributed by atoms with van der Waals surface area (Å²) in [6, 6.07) is -0.229. The van der Waals surface area contributed by atoms with Gasteiger partial charge < -0.3 is 10.4 Å². The number of hydrogen-bond donors (Lipinski definition) is 3. The minimum Gasteiger partial charge on any atom is -0.394 e. The minimum absolute atomic E-state index is 0.0659. The van der Waals surface area contributed by atoms with Crippen LogP contribution in [0, 0.1) is 0 Å². The van der Waals surface area contributed by atoms with Crippen molar-refractivity contribution in [2.45, 2.75) is 13.0 Å². The smallest absolute Gasteiger partial charge is 0.254 e. The van der Waals surface area contributed by atoms with Gasteiger partial charge in [0.1, 0.15) is 0 Å². The number of aromatic amines is 1. The van der Waals surface area contributed by atoms with Gasteiger partial charge >= 0.3 is 0 Å². The largest absolute Gasteiger partial charge is 0.394 e. The zero-order valence-corrected chi connectivity index (χ0v) is 6.74. The van der Waals surface area contributed by atoms with Gasteiger partial charge in [-0.25, -0.2) is 0 Å². The molecule has 0 aliphatic rings. The van der Waals surface area contributed by atoms with E-state index in [0.717, 1.165) is 0 Å². The van der Waals surface area contributed by atoms with Crippen LogP contribution in [0.5, 0.6) is 0 Å². The highest BCUT2D eigenvalue weighted by atomic mass is 16.3. The van der Waals surface area contributed by atoms with E-state index in [1.807, 2.05) is 0 Å². The van der Waals surface area contributed by atoms with Gasteiger partial charge in [-0.3, -0.25) is 9.89 Å². The van der Waals surface area contributed by atoms with E-state index in [2.05, 4.69) is 15.5 Å². The highest BCUT2D eigenvalue weighted by Gasteiger charge is 2.08. The molecule has 1 aromatic rings. The summed E-state index contributed by atoms with van der Waals surface area (Å²) in [5.41, 5.74) is 0.468. The van der Waals surface area contributed by atoms with Gasteiger partial charge in [-0.1, -0.05) is 0 Å². The first-order valence-electron chi connectivity index (χ1n) is 3.64. The Hall–Kier alpha value is -1.36. The molecule has 3 N–H and O–H groups in total. The second-order valence-corrected chi connectivity index (χ2v) is 2.54. The Morgan fingerprint density at radius 1 is 1.92 bits per heavy atom. The molecule has 0 saturated heterocycles. The number of hydrogen-bond acceptors (Lipinski definition) is 3. The molecule has 0 aliphatic carbocycles. The predicted molar refractivity (Wildman–Crippen MR) is 42.6 cm³/mol. The number of nitrogens with one attached hydrogen (secondary N) is 2. The molecule has 0 aliphatic heterocycles. The van der Waals surface area contributed by atoms with Crippen molar-refractivity contribution in [3.63, 3.8) is 0 Å². The maximum Gasteiger partial charge on any atom is 0.254 e. The van der Waals surface area contributed by atoms with Gasteiger partial charge in [0.15, 0.2) is 0 Å². The van der Waals surface area contributed by atoms with Crippen molar-refractivity contribution in [1.82, 2.24) is 15.5 Å². The molecule has 66 valence electrons. The minimum atomic E-state index is -0.231. The average molecular weight is 169 g/mol. The van der Waals surface area contributed by atoms with Crippen LogP contribution in [0.1, 0.15) is 17.3 Å². The summed E-state index contributed by atoms with van der Waals surface area (Å²) >= 11 is 0. The number of amides is 1. The first-order valence-corrected chi connectivity index (χ1v) is 3.64. The second-order valence-electron chi connectivity index (χ2n) is 2.54. The molecule has 5 nitrogen and oxygen atoms in total. The summed E-state index contributed by atoms with van der Waals surface area (Å²) in [6.07, 6.45) is 2.93. The van der Waals surface area contributed by atoms with Crippen molar-refractivity contribution < 1.29 is 9.90 Å². The Kier molecular flexibility index (Phi) is 2.82. The van der Waals surface area contributed by atoms with Gasteiger partial charge in [0.05, 0.1) is 18.4 Å². The van der Waals surface area contributed by atoms with Crippen molar-refractivity contribution >= 4 is 5.91 Å². The van der Waals surface area contributed by atoms with E-state index in [1.165, 1.54) is 12.4 Å². The first kappa shape index (κ1) is 8.73. The van der Waals surface area contributed by atoms with Gasteiger partial charge in [0.2, 0.25) is 0 Å². The Morgan fingerprint density at radius 3 is 3.17 bits per heavy atom. The third-order valence-electron chi connectivity index (χ3n) is 1.41. The molecular formula is C7H11N3O2. The highest BCUT2D eigenvalue weighted by Crippen LogP contribution is 1.93. The molecule has 5 heteroatoms. The fraction of sp³-hybridized carbons (Fsp3) is 0.429. The average Bonchev–Trinajstić information content (AvgIpc) is 2.56. The lowest BCUT2D eigenvalue weighted by Gasteiger charge is -2.08. The third-order valence-corrected chi connectivity index (χ3v) is 1.41. The Morgan fingerprint density at radius 2 is 2.67 bits per heavy atom. The summed E-state index contributed by atoms with van der Waals surface area (Å²) in [4.78, 5) is 11.2. The number of carbonyl (C=O) groups excluding carboxylic acids is 1. The molecule has 0 fully saturated rings. The molecule has 0 radical (unpaired) electrons. The predicted octanol–water partition coefficient (Wildman–Crippen LogP) is -0.480. The number of aromatic nitrogens is 2. The van der Waals surface area contributed by atoms with E-state index in [9.17, 15) is 4.79 Å². The van der Waals surface area contributed by atoms with E-state index in [-0.39, 0.29) is 18.6 Å². The topological polar surface area (TPSA) is 78.0 Å². The summed E-state index contributed by atoms with van der Waals surface area (Å²) < 4.78 is 0. The SMILES string of the molecule is CC(CO)NC(=O)c1cn[nH]c1. The Labute approximate surface area is 69.8 Å². The molecule has 1 rings (SSSR count). The zero-order valence-electron chi connectivity index (χ0n) is 6.74. The van der Waals surface area contributed by atoms with Crippen molar-refractivity contribution in [3.05, 3.63) is 18.0 Å². The van der Waals surface area contributed by atoms with Crippen LogP contribution >= 0.6 is 0 Å². The number of nitrogens with zero attached hydrogens (tertiary/aromatic N) is 1. The summed E-state index contributed by atoms with van der Waals surface area (Å²) in [7, 11) is 0. The second kappa shape index (κ2) is 3.87. The van der Waals surface area contributed by atoms with Gasteiger partial charge in [-0.2, -0.15) is 5.10 Å². The number of aliphatic hydroxyl groups excluding tert-OH is 1. The molecule has 1 aromatic heterocycles. The van der Waals surface area contributed by atoms with Crippen LogP contribution in [0.15, 0.2) is 12.4 Å². The molecule has 0 aromatic carbocycles. The van der Waals surface area contributed by atoms with Crippen molar-refractivity contribution in [3.8, 4) is 0 Å². The van der Waals surface area contributed by atoms with Gasteiger partial charge in [0, 0.05) is 12.2 Å². The lowest BCUT2D eigenvalue weighted by atomic mass is 10.3. The van der Waals surface area contributed by atoms with Crippen LogP contribution in [0.3, 0.4) is 0 Å². The monoisotopic (exact) mass is 169 g/mol. The van der Waals surface area contributed by atoms with E-state index in [1.54, 1.807) is 6.92 Å². The van der Waals surface area contributed by atoms with Crippen molar-refractivity contribution in [2.24, 2.45) is 0 Å². The fourth-order valence-corrected chi connectivity index (χ4v) is 0.728. The molecule has 12 heavy (non-hydrogen) atoms. The van der Waals surface area contributed by atoms with E-state index < -0.39 is 0 Å². The van der Waals surface area contributed by atoms with Crippen LogP contribution in [-0.2, 0) is 0 Å². The summed E-state index contributed by atoms with van der Waals surface area (Å²) in [5, 5.41) is 17.4. The van der Waals surface area contributed by atoms with Crippen LogP contribution in [0.4, 0.5) is 0 Å². The van der Waals surface area contributed by atoms with E-state index in [0.29, 0.717) is 5.56 Å².